The number of hydrogen-bond acceptors (Lipinski definition) is 8. The van der Waals surface area contributed by atoms with Crippen molar-refractivity contribution in [3.05, 3.63) is 65.1 Å². The quantitative estimate of drug-likeness (QED) is 0.322. The number of hydrogen-bond donors (Lipinski definition) is 1. The predicted octanol–water partition coefficient (Wildman–Crippen LogP) is 3.14. The van der Waals surface area contributed by atoms with E-state index in [1.807, 2.05) is 13.8 Å². The number of benzene rings is 2. The normalized spacial score (nSPS) is 19.2. The molecule has 2 unspecified atom stereocenters. The zero-order valence-corrected chi connectivity index (χ0v) is 25.5. The SMILES string of the molecule is CCOC(=O)n1cc(C(=O)C(=O)N2CCNCC2)c2cc(C(=O)N3CC(C)N(Cc4ccc(F)cc4)CC3C)c(OC)cc21. The molecule has 2 saturated heterocycles. The number of nitrogens with zero attached hydrogens (tertiary/aromatic N) is 4. The van der Waals surface area contributed by atoms with Gasteiger partial charge >= 0.3 is 6.09 Å². The van der Waals surface area contributed by atoms with Crippen molar-refractivity contribution in [1.29, 1.82) is 0 Å². The van der Waals surface area contributed by atoms with Crippen molar-refractivity contribution in [2.45, 2.75) is 39.4 Å². The third-order valence-electron chi connectivity index (χ3n) is 8.34. The molecule has 5 rings (SSSR count). The van der Waals surface area contributed by atoms with Gasteiger partial charge in [0.05, 0.1) is 30.4 Å². The van der Waals surface area contributed by atoms with E-state index in [2.05, 4.69) is 10.2 Å². The molecule has 0 bridgehead atoms. The standard InChI is InChI=1S/C32H38FN5O6/c1-5-44-32(42)38-19-26(29(39)31(41)35-12-10-34-11-13-35)24-14-25(28(43-4)15-27(24)38)30(40)37-17-20(2)36(16-21(37)3)18-22-6-8-23(33)9-7-22/h6-9,14-15,19-21,34H,5,10-13,16-18H2,1-4H3. The van der Waals surface area contributed by atoms with E-state index in [1.54, 1.807) is 24.0 Å². The number of amides is 2. The molecule has 12 heteroatoms. The molecule has 2 aliphatic heterocycles. The van der Waals surface area contributed by atoms with Crippen LogP contribution in [0, 0.1) is 5.82 Å². The van der Waals surface area contributed by atoms with E-state index in [0.29, 0.717) is 51.3 Å². The number of halogens is 1. The minimum Gasteiger partial charge on any atom is -0.496 e. The van der Waals surface area contributed by atoms with Gasteiger partial charge < -0.3 is 24.6 Å². The second kappa shape index (κ2) is 13.1. The third-order valence-corrected chi connectivity index (χ3v) is 8.34. The van der Waals surface area contributed by atoms with Gasteiger partial charge in [-0.1, -0.05) is 12.1 Å². The summed E-state index contributed by atoms with van der Waals surface area (Å²) in [4.78, 5) is 59.2. The minimum atomic E-state index is -0.764. The third kappa shape index (κ3) is 6.18. The molecule has 0 radical (unpaired) electrons. The molecule has 1 aromatic heterocycles. The highest BCUT2D eigenvalue weighted by atomic mass is 19.1. The van der Waals surface area contributed by atoms with E-state index in [1.165, 1.54) is 47.0 Å². The van der Waals surface area contributed by atoms with E-state index in [4.69, 9.17) is 9.47 Å². The monoisotopic (exact) mass is 607 g/mol. The van der Waals surface area contributed by atoms with Gasteiger partial charge in [-0.25, -0.2) is 9.18 Å². The number of ketones is 1. The molecular weight excluding hydrogens is 569 g/mol. The molecule has 234 valence electrons. The summed E-state index contributed by atoms with van der Waals surface area (Å²) in [6.45, 7) is 9.36. The highest BCUT2D eigenvalue weighted by molar-refractivity contribution is 6.45. The summed E-state index contributed by atoms with van der Waals surface area (Å²) in [6, 6.07) is 9.32. The summed E-state index contributed by atoms with van der Waals surface area (Å²) in [5.41, 5.74) is 1.50. The molecule has 0 spiro atoms. The van der Waals surface area contributed by atoms with Crippen LogP contribution in [0.5, 0.6) is 5.75 Å². The number of rotatable bonds is 7. The van der Waals surface area contributed by atoms with Crippen LogP contribution in [-0.2, 0) is 16.1 Å². The van der Waals surface area contributed by atoms with Crippen LogP contribution in [0.3, 0.4) is 0 Å². The molecule has 0 aliphatic carbocycles. The van der Waals surface area contributed by atoms with Crippen LogP contribution in [0.25, 0.3) is 10.9 Å². The number of carbonyl (C=O) groups excluding carboxylic acids is 4. The van der Waals surface area contributed by atoms with Crippen LogP contribution >= 0.6 is 0 Å². The Morgan fingerprint density at radius 1 is 0.977 bits per heavy atom. The molecule has 2 atom stereocenters. The fourth-order valence-electron chi connectivity index (χ4n) is 5.92. The van der Waals surface area contributed by atoms with Crippen molar-refractivity contribution in [1.82, 2.24) is 24.6 Å². The van der Waals surface area contributed by atoms with E-state index in [9.17, 15) is 23.6 Å². The van der Waals surface area contributed by atoms with Gasteiger partial charge in [0.25, 0.3) is 17.6 Å². The lowest BCUT2D eigenvalue weighted by atomic mass is 10.0. The Labute approximate surface area is 255 Å². The zero-order valence-electron chi connectivity index (χ0n) is 25.5. The molecule has 0 saturated carbocycles. The Balaban J connectivity index is 1.48. The first-order chi connectivity index (χ1) is 21.1. The Morgan fingerprint density at radius 3 is 2.34 bits per heavy atom. The van der Waals surface area contributed by atoms with Gasteiger partial charge in [-0.2, -0.15) is 0 Å². The number of carbonyl (C=O) groups is 4. The Hall–Kier alpha value is -4.29. The molecular formula is C32H38FN5O6. The molecule has 1 N–H and O–H groups in total. The number of Topliss-reactive ketones (excluding diaryl/α,β-unsaturated/α-hetero) is 1. The van der Waals surface area contributed by atoms with Crippen LogP contribution < -0.4 is 10.1 Å². The van der Waals surface area contributed by atoms with E-state index in [0.717, 1.165) is 5.56 Å². The first kappa shape index (κ1) is 31.1. The molecule has 2 aliphatic rings. The lowest BCUT2D eigenvalue weighted by molar-refractivity contribution is -0.126. The second-order valence-electron chi connectivity index (χ2n) is 11.3. The second-order valence-corrected chi connectivity index (χ2v) is 11.3. The van der Waals surface area contributed by atoms with Crippen molar-refractivity contribution in [3.8, 4) is 5.75 Å². The fraction of sp³-hybridized carbons (Fsp3) is 0.438. The van der Waals surface area contributed by atoms with Crippen molar-refractivity contribution in [3.63, 3.8) is 0 Å². The molecule has 44 heavy (non-hydrogen) atoms. The summed E-state index contributed by atoms with van der Waals surface area (Å²) in [5, 5.41) is 3.44. The summed E-state index contributed by atoms with van der Waals surface area (Å²) in [7, 11) is 1.43. The highest BCUT2D eigenvalue weighted by Crippen LogP contribution is 2.33. The molecule has 11 nitrogen and oxygen atoms in total. The van der Waals surface area contributed by atoms with Crippen molar-refractivity contribution in [2.24, 2.45) is 0 Å². The molecule has 2 amide bonds. The number of aromatic nitrogens is 1. The average Bonchev–Trinajstić information content (AvgIpc) is 3.41. The van der Waals surface area contributed by atoms with E-state index in [-0.39, 0.29) is 52.7 Å². The number of fused-ring (bicyclic) bond motifs is 1. The topological polar surface area (TPSA) is 113 Å². The first-order valence-corrected chi connectivity index (χ1v) is 14.9. The van der Waals surface area contributed by atoms with Gasteiger partial charge in [0.2, 0.25) is 0 Å². The van der Waals surface area contributed by atoms with Gasteiger partial charge in [0.1, 0.15) is 11.6 Å². The minimum absolute atomic E-state index is 0.00798. The van der Waals surface area contributed by atoms with E-state index < -0.39 is 17.8 Å². The zero-order chi connectivity index (χ0) is 31.5. The Kier molecular flexibility index (Phi) is 9.31. The van der Waals surface area contributed by atoms with Crippen LogP contribution in [0.15, 0.2) is 42.6 Å². The highest BCUT2D eigenvalue weighted by Gasteiger charge is 2.35. The number of methoxy groups -OCH3 is 1. The molecule has 2 aromatic carbocycles. The first-order valence-electron chi connectivity index (χ1n) is 14.9. The van der Waals surface area contributed by atoms with Gasteiger partial charge in [-0.3, -0.25) is 23.9 Å². The van der Waals surface area contributed by atoms with Gasteiger partial charge in [0, 0.05) is 75.5 Å². The summed E-state index contributed by atoms with van der Waals surface area (Å²) in [6.07, 6.45) is 0.588. The van der Waals surface area contributed by atoms with Crippen LogP contribution in [0.1, 0.15) is 47.1 Å². The maximum atomic E-state index is 14.1. The van der Waals surface area contributed by atoms with E-state index >= 15 is 0 Å². The number of piperazine rings is 2. The summed E-state index contributed by atoms with van der Waals surface area (Å²) < 4.78 is 25.4. The predicted molar refractivity (Wildman–Crippen MR) is 161 cm³/mol. The van der Waals surface area contributed by atoms with Gasteiger partial charge in [0.15, 0.2) is 0 Å². The van der Waals surface area contributed by atoms with Crippen molar-refractivity contribution >= 4 is 34.6 Å². The smallest absolute Gasteiger partial charge is 0.418 e. The van der Waals surface area contributed by atoms with Gasteiger partial charge in [-0.15, -0.1) is 0 Å². The Bertz CT molecular complexity index is 1570. The molecule has 3 aromatic rings. The maximum Gasteiger partial charge on any atom is 0.418 e. The van der Waals surface area contributed by atoms with Crippen molar-refractivity contribution in [2.75, 3.05) is 53.0 Å². The Morgan fingerprint density at radius 2 is 1.68 bits per heavy atom. The van der Waals surface area contributed by atoms with Gasteiger partial charge in [-0.05, 0) is 44.5 Å². The molecule has 3 heterocycles. The lowest BCUT2D eigenvalue weighted by Crippen LogP contribution is -2.57. The largest absolute Gasteiger partial charge is 0.496 e. The van der Waals surface area contributed by atoms with Crippen LogP contribution in [-0.4, -0.2) is 108 Å². The number of ether oxygens (including phenoxy) is 2. The molecule has 2 fully saturated rings. The fourth-order valence-corrected chi connectivity index (χ4v) is 5.92. The summed E-state index contributed by atoms with van der Waals surface area (Å²) >= 11 is 0. The van der Waals surface area contributed by atoms with Crippen LogP contribution in [0.4, 0.5) is 9.18 Å². The van der Waals surface area contributed by atoms with Crippen LogP contribution in [0.2, 0.25) is 0 Å². The lowest BCUT2D eigenvalue weighted by Gasteiger charge is -2.44. The summed E-state index contributed by atoms with van der Waals surface area (Å²) in [5.74, 6) is -1.78. The number of nitrogens with one attached hydrogen (secondary N) is 1. The maximum absolute atomic E-state index is 14.1. The van der Waals surface area contributed by atoms with Crippen molar-refractivity contribution < 1.29 is 33.0 Å². The average molecular weight is 608 g/mol.